The Bertz CT molecular complexity index is 246. The molecule has 0 spiro atoms. The van der Waals surface area contributed by atoms with Crippen LogP contribution in [0.1, 0.15) is 32.6 Å². The lowest BCUT2D eigenvalue weighted by atomic mass is 9.89. The highest BCUT2D eigenvalue weighted by molar-refractivity contribution is 4.98. The molecule has 3 fully saturated rings. The molecular formula is C13H24N2O. The third-order valence-electron chi connectivity index (χ3n) is 4.46. The minimum absolute atomic E-state index is 0.425. The fourth-order valence-corrected chi connectivity index (χ4v) is 3.72. The van der Waals surface area contributed by atoms with Gasteiger partial charge in [0.05, 0.1) is 6.10 Å². The van der Waals surface area contributed by atoms with Crippen molar-refractivity contribution >= 4 is 0 Å². The van der Waals surface area contributed by atoms with E-state index in [1.807, 2.05) is 0 Å². The zero-order valence-corrected chi connectivity index (χ0v) is 10.3. The van der Waals surface area contributed by atoms with E-state index in [0.29, 0.717) is 6.10 Å². The van der Waals surface area contributed by atoms with Crippen LogP contribution in [0.3, 0.4) is 0 Å². The van der Waals surface area contributed by atoms with Gasteiger partial charge in [0, 0.05) is 38.3 Å². The molecule has 4 unspecified atom stereocenters. The van der Waals surface area contributed by atoms with Crippen LogP contribution in [-0.4, -0.2) is 49.3 Å². The number of hydrogen-bond acceptors (Lipinski definition) is 3. The van der Waals surface area contributed by atoms with Crippen molar-refractivity contribution in [1.82, 2.24) is 10.2 Å². The van der Waals surface area contributed by atoms with Gasteiger partial charge >= 0.3 is 0 Å². The van der Waals surface area contributed by atoms with E-state index in [1.54, 1.807) is 0 Å². The average molecular weight is 224 g/mol. The van der Waals surface area contributed by atoms with Crippen LogP contribution in [0, 0.1) is 5.92 Å². The summed E-state index contributed by atoms with van der Waals surface area (Å²) in [5, 5.41) is 3.74. The van der Waals surface area contributed by atoms with E-state index in [-0.39, 0.29) is 0 Å². The molecule has 0 radical (unpaired) electrons. The predicted molar refractivity (Wildman–Crippen MR) is 64.5 cm³/mol. The van der Waals surface area contributed by atoms with Crippen LogP contribution >= 0.6 is 0 Å². The summed E-state index contributed by atoms with van der Waals surface area (Å²) in [6.07, 6.45) is 5.87. The third kappa shape index (κ3) is 2.27. The lowest BCUT2D eigenvalue weighted by Gasteiger charge is -2.28. The second kappa shape index (κ2) is 4.63. The molecule has 0 aromatic carbocycles. The van der Waals surface area contributed by atoms with Gasteiger partial charge in [-0.1, -0.05) is 0 Å². The lowest BCUT2D eigenvalue weighted by Crippen LogP contribution is -2.38. The summed E-state index contributed by atoms with van der Waals surface area (Å²) in [6.45, 7) is 6.82. The Balaban J connectivity index is 1.53. The molecule has 1 N–H and O–H groups in total. The fourth-order valence-electron chi connectivity index (χ4n) is 3.72. The smallest absolute Gasteiger partial charge is 0.0673 e. The predicted octanol–water partition coefficient (Wildman–Crippen LogP) is 1.24. The highest BCUT2D eigenvalue weighted by atomic mass is 16.5. The van der Waals surface area contributed by atoms with Gasteiger partial charge in [0.2, 0.25) is 0 Å². The number of hydrogen-bond donors (Lipinski definition) is 1. The van der Waals surface area contributed by atoms with Gasteiger partial charge in [-0.25, -0.2) is 0 Å². The van der Waals surface area contributed by atoms with Crippen molar-refractivity contribution in [2.24, 2.45) is 5.92 Å². The quantitative estimate of drug-likeness (QED) is 0.764. The molecule has 2 bridgehead atoms. The van der Waals surface area contributed by atoms with Gasteiger partial charge in [-0.15, -0.1) is 0 Å². The maximum absolute atomic E-state index is 5.70. The number of ether oxygens (including phenoxy) is 1. The van der Waals surface area contributed by atoms with Gasteiger partial charge in [-0.3, -0.25) is 0 Å². The normalized spacial score (nSPS) is 44.8. The number of fused-ring (bicyclic) bond motifs is 2. The highest BCUT2D eigenvalue weighted by Gasteiger charge is 2.39. The topological polar surface area (TPSA) is 24.5 Å². The summed E-state index contributed by atoms with van der Waals surface area (Å²) < 4.78 is 5.70. The van der Waals surface area contributed by atoms with Crippen molar-refractivity contribution in [3.05, 3.63) is 0 Å². The molecule has 3 aliphatic heterocycles. The molecule has 3 rings (SSSR count). The largest absolute Gasteiger partial charge is 0.377 e. The van der Waals surface area contributed by atoms with Crippen molar-refractivity contribution in [1.29, 1.82) is 0 Å². The first-order valence-corrected chi connectivity index (χ1v) is 6.91. The van der Waals surface area contributed by atoms with E-state index in [0.717, 1.165) is 31.2 Å². The Labute approximate surface area is 98.5 Å². The molecule has 0 aliphatic carbocycles. The van der Waals surface area contributed by atoms with Gasteiger partial charge in [0.15, 0.2) is 0 Å². The van der Waals surface area contributed by atoms with Gasteiger partial charge < -0.3 is 15.0 Å². The number of nitrogens with one attached hydrogen (secondary N) is 1. The van der Waals surface area contributed by atoms with Gasteiger partial charge in [0.25, 0.3) is 0 Å². The molecule has 0 aromatic heterocycles. The zero-order valence-electron chi connectivity index (χ0n) is 10.3. The Morgan fingerprint density at radius 2 is 2.31 bits per heavy atom. The molecule has 0 amide bonds. The Hall–Kier alpha value is -0.120. The van der Waals surface area contributed by atoms with Crippen LogP contribution in [-0.2, 0) is 4.74 Å². The molecule has 4 atom stereocenters. The summed E-state index contributed by atoms with van der Waals surface area (Å²) in [6, 6.07) is 1.67. The minimum Gasteiger partial charge on any atom is -0.377 e. The average Bonchev–Trinajstić information content (AvgIpc) is 2.80. The molecular weight excluding hydrogens is 200 g/mol. The minimum atomic E-state index is 0.425. The molecule has 3 heteroatoms. The van der Waals surface area contributed by atoms with Crippen molar-refractivity contribution in [2.75, 3.05) is 26.2 Å². The summed E-state index contributed by atoms with van der Waals surface area (Å²) >= 11 is 0. The van der Waals surface area contributed by atoms with E-state index in [4.69, 9.17) is 4.74 Å². The monoisotopic (exact) mass is 224 g/mol. The van der Waals surface area contributed by atoms with Crippen LogP contribution in [0.25, 0.3) is 0 Å². The van der Waals surface area contributed by atoms with Crippen molar-refractivity contribution in [3.8, 4) is 0 Å². The molecule has 0 aromatic rings. The van der Waals surface area contributed by atoms with E-state index in [2.05, 4.69) is 17.1 Å². The third-order valence-corrected chi connectivity index (χ3v) is 4.46. The van der Waals surface area contributed by atoms with Gasteiger partial charge in [-0.2, -0.15) is 0 Å². The number of rotatable bonds is 2. The van der Waals surface area contributed by atoms with E-state index >= 15 is 0 Å². The maximum Gasteiger partial charge on any atom is 0.0673 e. The van der Waals surface area contributed by atoms with E-state index < -0.39 is 0 Å². The second-order valence-electron chi connectivity index (χ2n) is 5.84. The first-order chi connectivity index (χ1) is 7.81. The van der Waals surface area contributed by atoms with Crippen molar-refractivity contribution in [2.45, 2.75) is 50.8 Å². The highest BCUT2D eigenvalue weighted by Crippen LogP contribution is 2.33. The molecule has 16 heavy (non-hydrogen) atoms. The molecule has 3 saturated heterocycles. The zero-order chi connectivity index (χ0) is 11.0. The summed E-state index contributed by atoms with van der Waals surface area (Å²) in [4.78, 5) is 2.63. The van der Waals surface area contributed by atoms with Gasteiger partial charge in [-0.05, 0) is 38.5 Å². The van der Waals surface area contributed by atoms with Gasteiger partial charge in [0.1, 0.15) is 0 Å². The Morgan fingerprint density at radius 1 is 1.38 bits per heavy atom. The fraction of sp³-hybridized carbons (Fsp3) is 1.00. The molecule has 3 heterocycles. The molecule has 0 saturated carbocycles. The van der Waals surface area contributed by atoms with E-state index in [9.17, 15) is 0 Å². The molecule has 92 valence electrons. The van der Waals surface area contributed by atoms with Crippen LogP contribution in [0.4, 0.5) is 0 Å². The summed E-state index contributed by atoms with van der Waals surface area (Å²) in [5.41, 5.74) is 0. The Kier molecular flexibility index (Phi) is 3.18. The first-order valence-electron chi connectivity index (χ1n) is 6.91. The second-order valence-corrected chi connectivity index (χ2v) is 5.84. The van der Waals surface area contributed by atoms with Crippen LogP contribution in [0.2, 0.25) is 0 Å². The number of nitrogens with zero attached hydrogens (tertiary/aromatic N) is 1. The standard InChI is InChI=1S/C13H24N2O/c1-10-8-15(5-2-6-16-10)9-11-7-12-3-4-13(11)14-12/h10-14H,2-9H2,1H3. The maximum atomic E-state index is 5.70. The molecule has 3 nitrogen and oxygen atoms in total. The van der Waals surface area contributed by atoms with E-state index in [1.165, 1.54) is 38.8 Å². The first kappa shape index (κ1) is 11.0. The van der Waals surface area contributed by atoms with Crippen molar-refractivity contribution < 1.29 is 4.74 Å². The lowest BCUT2D eigenvalue weighted by molar-refractivity contribution is 0.0648. The summed E-state index contributed by atoms with van der Waals surface area (Å²) in [7, 11) is 0. The van der Waals surface area contributed by atoms with Crippen molar-refractivity contribution in [3.63, 3.8) is 0 Å². The SMILES string of the molecule is CC1CN(CC2CC3CCC2N3)CCCO1. The Morgan fingerprint density at radius 3 is 3.06 bits per heavy atom. The van der Waals surface area contributed by atoms with Crippen LogP contribution < -0.4 is 5.32 Å². The van der Waals surface area contributed by atoms with Crippen LogP contribution in [0.5, 0.6) is 0 Å². The summed E-state index contributed by atoms with van der Waals surface area (Å²) in [5.74, 6) is 0.907. The molecule has 3 aliphatic rings. The van der Waals surface area contributed by atoms with Crippen LogP contribution in [0.15, 0.2) is 0 Å².